The van der Waals surface area contributed by atoms with Crippen LogP contribution in [-0.4, -0.2) is 4.98 Å². The first-order valence-electron chi connectivity index (χ1n) is 5.80. The third-order valence-corrected chi connectivity index (χ3v) is 3.41. The molecule has 0 amide bonds. The molecule has 3 heteroatoms. The number of halogens is 2. The molecular formula is C15H15F2N. The molecular weight excluding hydrogens is 232 g/mol. The van der Waals surface area contributed by atoms with Gasteiger partial charge < -0.3 is 0 Å². The van der Waals surface area contributed by atoms with Crippen molar-refractivity contribution in [2.45, 2.75) is 27.7 Å². The molecule has 0 spiro atoms. The first-order chi connectivity index (χ1) is 8.41. The maximum absolute atomic E-state index is 14.2. The number of hydrogen-bond donors (Lipinski definition) is 0. The molecule has 2 rings (SSSR count). The number of nitrogens with zero attached hydrogens (tertiary/aromatic N) is 1. The van der Waals surface area contributed by atoms with Crippen LogP contribution in [0.5, 0.6) is 0 Å². The molecule has 94 valence electrons. The van der Waals surface area contributed by atoms with Gasteiger partial charge in [0.05, 0.1) is 5.69 Å². The maximum Gasteiger partial charge on any atom is 0.135 e. The molecule has 1 aromatic carbocycles. The fourth-order valence-corrected chi connectivity index (χ4v) is 1.80. The third kappa shape index (κ3) is 2.01. The highest BCUT2D eigenvalue weighted by molar-refractivity contribution is 5.63. The number of aromatic nitrogens is 1. The Hall–Kier alpha value is -1.77. The van der Waals surface area contributed by atoms with Crippen LogP contribution in [0.2, 0.25) is 0 Å². The molecule has 1 aromatic heterocycles. The van der Waals surface area contributed by atoms with E-state index in [0.29, 0.717) is 16.8 Å². The van der Waals surface area contributed by atoms with Gasteiger partial charge in [0.25, 0.3) is 0 Å². The van der Waals surface area contributed by atoms with E-state index < -0.39 is 11.6 Å². The Balaban J connectivity index is 2.67. The number of rotatable bonds is 1. The monoisotopic (exact) mass is 247 g/mol. The number of hydrogen-bond acceptors (Lipinski definition) is 1. The Morgan fingerprint density at radius 3 is 2.17 bits per heavy atom. The number of benzene rings is 1. The average molecular weight is 247 g/mol. The molecule has 0 unspecified atom stereocenters. The molecule has 0 bridgehead atoms. The van der Waals surface area contributed by atoms with Gasteiger partial charge in [-0.15, -0.1) is 0 Å². The van der Waals surface area contributed by atoms with Gasteiger partial charge in [-0.25, -0.2) is 8.78 Å². The van der Waals surface area contributed by atoms with Crippen LogP contribution in [0.1, 0.15) is 22.3 Å². The molecule has 2 aromatic rings. The van der Waals surface area contributed by atoms with Gasteiger partial charge in [0.1, 0.15) is 11.6 Å². The molecule has 1 heterocycles. The molecule has 0 saturated heterocycles. The molecule has 0 saturated carbocycles. The summed E-state index contributed by atoms with van der Waals surface area (Å²) in [5, 5.41) is 0. The van der Waals surface area contributed by atoms with Crippen molar-refractivity contribution in [1.82, 2.24) is 4.98 Å². The van der Waals surface area contributed by atoms with Gasteiger partial charge in [-0.3, -0.25) is 4.98 Å². The highest BCUT2D eigenvalue weighted by Gasteiger charge is 2.15. The lowest BCUT2D eigenvalue weighted by molar-refractivity contribution is 0.587. The highest BCUT2D eigenvalue weighted by atomic mass is 19.1. The zero-order valence-electron chi connectivity index (χ0n) is 10.9. The quantitative estimate of drug-likeness (QED) is 0.733. The van der Waals surface area contributed by atoms with Gasteiger partial charge in [-0.2, -0.15) is 0 Å². The van der Waals surface area contributed by atoms with Crippen molar-refractivity contribution in [3.8, 4) is 11.3 Å². The molecule has 0 aliphatic heterocycles. The smallest absolute Gasteiger partial charge is 0.135 e. The second kappa shape index (κ2) is 4.48. The van der Waals surface area contributed by atoms with Crippen LogP contribution in [-0.2, 0) is 0 Å². The summed E-state index contributed by atoms with van der Waals surface area (Å²) in [4.78, 5) is 4.18. The van der Waals surface area contributed by atoms with Crippen LogP contribution in [0.25, 0.3) is 11.3 Å². The minimum atomic E-state index is -0.399. The summed E-state index contributed by atoms with van der Waals surface area (Å²) < 4.78 is 27.8. The van der Waals surface area contributed by atoms with Gasteiger partial charge in [-0.05, 0) is 62.1 Å². The van der Waals surface area contributed by atoms with E-state index in [4.69, 9.17) is 0 Å². The van der Waals surface area contributed by atoms with E-state index in [2.05, 4.69) is 4.98 Å². The summed E-state index contributed by atoms with van der Waals surface area (Å²) in [5.41, 5.74) is 3.42. The summed E-state index contributed by atoms with van der Waals surface area (Å²) in [6, 6.07) is 3.00. The Kier molecular flexibility index (Phi) is 3.16. The number of aryl methyl sites for hydroxylation is 2. The van der Waals surface area contributed by atoms with Crippen molar-refractivity contribution in [1.29, 1.82) is 0 Å². The van der Waals surface area contributed by atoms with Crippen LogP contribution in [0.4, 0.5) is 8.78 Å². The van der Waals surface area contributed by atoms with Crippen molar-refractivity contribution in [2.24, 2.45) is 0 Å². The average Bonchev–Trinajstić information content (AvgIpc) is 2.35. The molecule has 0 aliphatic rings. The van der Waals surface area contributed by atoms with Crippen molar-refractivity contribution < 1.29 is 8.78 Å². The predicted octanol–water partition coefficient (Wildman–Crippen LogP) is 4.26. The van der Waals surface area contributed by atoms with Crippen molar-refractivity contribution in [2.75, 3.05) is 0 Å². The van der Waals surface area contributed by atoms with Crippen molar-refractivity contribution >= 4 is 0 Å². The fourth-order valence-electron chi connectivity index (χ4n) is 1.80. The Bertz CT molecular complexity index is 618. The molecule has 0 aliphatic carbocycles. The van der Waals surface area contributed by atoms with Crippen molar-refractivity contribution in [3.63, 3.8) is 0 Å². The van der Waals surface area contributed by atoms with Gasteiger partial charge >= 0.3 is 0 Å². The fraction of sp³-hybridized carbons (Fsp3) is 0.267. The zero-order chi connectivity index (χ0) is 13.4. The highest BCUT2D eigenvalue weighted by Crippen LogP contribution is 2.28. The molecule has 0 N–H and O–H groups in total. The topological polar surface area (TPSA) is 12.9 Å². The van der Waals surface area contributed by atoms with E-state index in [1.54, 1.807) is 26.1 Å². The number of pyridine rings is 1. The first-order valence-corrected chi connectivity index (χ1v) is 5.80. The predicted molar refractivity (Wildman–Crippen MR) is 68.5 cm³/mol. The zero-order valence-corrected chi connectivity index (χ0v) is 10.9. The van der Waals surface area contributed by atoms with Crippen LogP contribution < -0.4 is 0 Å². The second-order valence-corrected chi connectivity index (χ2v) is 4.62. The van der Waals surface area contributed by atoms with Gasteiger partial charge in [0, 0.05) is 11.8 Å². The Morgan fingerprint density at radius 1 is 0.889 bits per heavy atom. The molecule has 0 atom stereocenters. The van der Waals surface area contributed by atoms with E-state index in [0.717, 1.165) is 11.1 Å². The molecule has 18 heavy (non-hydrogen) atoms. The minimum Gasteiger partial charge on any atom is -0.256 e. The summed E-state index contributed by atoms with van der Waals surface area (Å²) in [7, 11) is 0. The summed E-state index contributed by atoms with van der Waals surface area (Å²) >= 11 is 0. The Morgan fingerprint density at radius 2 is 1.56 bits per heavy atom. The SMILES string of the molecule is Cc1cnc(-c2cc(F)c(C)c(C)c2F)cc1C. The summed E-state index contributed by atoms with van der Waals surface area (Å²) in [6.07, 6.45) is 1.68. The lowest BCUT2D eigenvalue weighted by Gasteiger charge is -2.10. The first kappa shape index (κ1) is 12.7. The Labute approximate surface area is 105 Å². The van der Waals surface area contributed by atoms with Crippen LogP contribution in [0.3, 0.4) is 0 Å². The molecule has 0 radical (unpaired) electrons. The lowest BCUT2D eigenvalue weighted by Crippen LogP contribution is -1.98. The van der Waals surface area contributed by atoms with E-state index in [1.807, 2.05) is 13.8 Å². The van der Waals surface area contributed by atoms with Crippen LogP contribution >= 0.6 is 0 Å². The van der Waals surface area contributed by atoms with Gasteiger partial charge in [0.15, 0.2) is 0 Å². The van der Waals surface area contributed by atoms with E-state index in [1.165, 1.54) is 6.07 Å². The van der Waals surface area contributed by atoms with E-state index in [-0.39, 0.29) is 5.56 Å². The minimum absolute atomic E-state index is 0.221. The van der Waals surface area contributed by atoms with Crippen LogP contribution in [0, 0.1) is 39.3 Å². The summed E-state index contributed by atoms with van der Waals surface area (Å²) in [5.74, 6) is -0.798. The van der Waals surface area contributed by atoms with Crippen LogP contribution in [0.15, 0.2) is 18.3 Å². The summed E-state index contributed by atoms with van der Waals surface area (Å²) in [6.45, 7) is 7.02. The maximum atomic E-state index is 14.2. The standard InChI is InChI=1S/C15H15F2N/c1-8-5-14(18-7-9(8)2)12-6-13(16)10(3)11(4)15(12)17/h5-7H,1-4H3. The van der Waals surface area contributed by atoms with E-state index >= 15 is 0 Å². The lowest BCUT2D eigenvalue weighted by atomic mass is 10.0. The van der Waals surface area contributed by atoms with E-state index in [9.17, 15) is 8.78 Å². The van der Waals surface area contributed by atoms with Crippen molar-refractivity contribution in [3.05, 3.63) is 52.2 Å². The van der Waals surface area contributed by atoms with Gasteiger partial charge in [0.2, 0.25) is 0 Å². The second-order valence-electron chi connectivity index (χ2n) is 4.62. The van der Waals surface area contributed by atoms with Gasteiger partial charge in [-0.1, -0.05) is 0 Å². The third-order valence-electron chi connectivity index (χ3n) is 3.41. The normalized spacial score (nSPS) is 10.8. The largest absolute Gasteiger partial charge is 0.256 e. The molecule has 1 nitrogen and oxygen atoms in total. The molecule has 0 fully saturated rings.